The molecule has 2 aromatic heterocycles. The molecule has 0 saturated carbocycles. The predicted molar refractivity (Wildman–Crippen MR) is 239 cm³/mol. The molecule has 1 aliphatic heterocycles. The van der Waals surface area contributed by atoms with Gasteiger partial charge in [0.05, 0.1) is 16.9 Å². The molecule has 0 amide bonds. The van der Waals surface area contributed by atoms with Crippen LogP contribution in [0, 0.1) is 0 Å². The minimum atomic E-state index is 0.683. The summed E-state index contributed by atoms with van der Waals surface area (Å²) in [4.78, 5) is 7.30. The molecule has 1 aliphatic rings. The molecule has 0 aliphatic carbocycles. The minimum absolute atomic E-state index is 0.683. The van der Waals surface area contributed by atoms with Gasteiger partial charge in [-0.15, -0.1) is 0 Å². The molecule has 0 unspecified atom stereocenters. The summed E-state index contributed by atoms with van der Waals surface area (Å²) in [5.41, 5.74) is 11.0. The number of hydrogen-bond acceptors (Lipinski definition) is 6. The highest BCUT2D eigenvalue weighted by atomic mass is 32.1. The van der Waals surface area contributed by atoms with E-state index < -0.39 is 0 Å². The number of furan rings is 1. The van der Waals surface area contributed by atoms with E-state index in [2.05, 4.69) is 175 Å². The average molecular weight is 762 g/mol. The number of rotatable bonds is 5. The number of para-hydroxylation sites is 2. The first kappa shape index (κ1) is 32.7. The number of nitrogens with zero attached hydrogens (tertiary/aromatic N) is 3. The molecule has 5 nitrogen and oxygen atoms in total. The second kappa shape index (κ2) is 13.0. The van der Waals surface area contributed by atoms with Gasteiger partial charge in [0.25, 0.3) is 0 Å². The SMILES string of the molecule is c1ccc2cc(-c3ccc4c(c3)Oc3cc(-c5ccc6ccccc6c5)ccc3N4c3ccc(-c4nsc(-c5cccc6c5oc5ccccc56)n4)cc3)ccc2c1. The van der Waals surface area contributed by atoms with Crippen LogP contribution in [0.15, 0.2) is 192 Å². The van der Waals surface area contributed by atoms with E-state index in [1.54, 1.807) is 0 Å². The van der Waals surface area contributed by atoms with Crippen LogP contribution in [0.2, 0.25) is 0 Å². The van der Waals surface area contributed by atoms with Crippen LogP contribution < -0.4 is 9.64 Å². The highest BCUT2D eigenvalue weighted by Crippen LogP contribution is 2.52. The monoisotopic (exact) mass is 761 g/mol. The van der Waals surface area contributed by atoms with Crippen LogP contribution in [0.5, 0.6) is 11.5 Å². The average Bonchev–Trinajstić information content (AvgIpc) is 3.93. The Kier molecular flexibility index (Phi) is 7.33. The first-order valence-electron chi connectivity index (χ1n) is 19.3. The van der Waals surface area contributed by atoms with Gasteiger partial charge in [-0.3, -0.25) is 0 Å². The Morgan fingerprint density at radius 1 is 0.448 bits per heavy atom. The van der Waals surface area contributed by atoms with Gasteiger partial charge in [-0.1, -0.05) is 115 Å². The van der Waals surface area contributed by atoms with E-state index >= 15 is 0 Å². The fourth-order valence-electron chi connectivity index (χ4n) is 8.31. The summed E-state index contributed by atoms with van der Waals surface area (Å²) in [6, 6.07) is 66.0. The third-order valence-corrected chi connectivity index (χ3v) is 12.0. The van der Waals surface area contributed by atoms with Crippen molar-refractivity contribution in [3.8, 4) is 55.7 Å². The van der Waals surface area contributed by atoms with Crippen molar-refractivity contribution in [2.75, 3.05) is 4.90 Å². The summed E-state index contributed by atoms with van der Waals surface area (Å²) >= 11 is 1.39. The molecule has 0 radical (unpaired) electrons. The molecule has 9 aromatic carbocycles. The zero-order valence-electron chi connectivity index (χ0n) is 31.0. The Hall–Kier alpha value is -7.54. The van der Waals surface area contributed by atoms with Crippen LogP contribution >= 0.6 is 11.5 Å². The lowest BCUT2D eigenvalue weighted by atomic mass is 9.98. The van der Waals surface area contributed by atoms with Crippen molar-refractivity contribution < 1.29 is 9.15 Å². The largest absolute Gasteiger partial charge is 0.455 e. The van der Waals surface area contributed by atoms with Crippen LogP contribution in [0.25, 0.3) is 87.7 Å². The molecule has 12 rings (SSSR count). The molecule has 3 heterocycles. The third-order valence-electron chi connectivity index (χ3n) is 11.2. The Bertz CT molecular complexity index is 3270. The molecular formula is C52H31N3O2S. The molecule has 6 heteroatoms. The maximum Gasteiger partial charge on any atom is 0.173 e. The second-order valence-electron chi connectivity index (χ2n) is 14.7. The summed E-state index contributed by atoms with van der Waals surface area (Å²) in [5, 5.41) is 7.85. The molecule has 272 valence electrons. The van der Waals surface area contributed by atoms with E-state index in [0.717, 1.165) is 88.9 Å². The number of anilines is 3. The number of benzene rings is 9. The molecule has 0 saturated heterocycles. The number of hydrogen-bond donors (Lipinski definition) is 0. The quantitative estimate of drug-likeness (QED) is 0.175. The standard InChI is InChI=1S/C52H31N3O2S/c1-3-10-35-28-37(18-16-32(35)8-1)39-22-26-45-48(30-39)56-49-31-40(38-19-17-33-9-2-4-11-36(33)29-38)23-27-46(49)55(45)41-24-20-34(21-25-41)51-53-52(58-54-51)44-14-7-13-43-42-12-5-6-15-47(42)57-50(43)44/h1-31H. The van der Waals surface area contributed by atoms with Crippen molar-refractivity contribution in [3.05, 3.63) is 188 Å². The van der Waals surface area contributed by atoms with Crippen LogP contribution in [0.1, 0.15) is 0 Å². The molecule has 58 heavy (non-hydrogen) atoms. The lowest BCUT2D eigenvalue weighted by Gasteiger charge is -2.33. The minimum Gasteiger partial charge on any atom is -0.455 e. The van der Waals surface area contributed by atoms with E-state index in [9.17, 15) is 0 Å². The zero-order chi connectivity index (χ0) is 38.2. The van der Waals surface area contributed by atoms with Crippen LogP contribution in [0.4, 0.5) is 17.1 Å². The molecule has 0 spiro atoms. The highest BCUT2D eigenvalue weighted by molar-refractivity contribution is 7.09. The van der Waals surface area contributed by atoms with E-state index in [0.29, 0.717) is 5.82 Å². The van der Waals surface area contributed by atoms with Crippen LogP contribution in [-0.4, -0.2) is 9.36 Å². The van der Waals surface area contributed by atoms with Gasteiger partial charge in [0, 0.05) is 22.0 Å². The van der Waals surface area contributed by atoms with Crippen molar-refractivity contribution in [2.24, 2.45) is 0 Å². The first-order valence-corrected chi connectivity index (χ1v) is 20.1. The van der Waals surface area contributed by atoms with E-state index in [4.69, 9.17) is 18.5 Å². The zero-order valence-corrected chi connectivity index (χ0v) is 31.8. The lowest BCUT2D eigenvalue weighted by molar-refractivity contribution is 0.477. The van der Waals surface area contributed by atoms with E-state index in [1.807, 2.05) is 18.2 Å². The summed E-state index contributed by atoms with van der Waals surface area (Å²) in [5.74, 6) is 2.27. The van der Waals surface area contributed by atoms with Crippen LogP contribution in [0.3, 0.4) is 0 Å². The maximum absolute atomic E-state index is 6.85. The van der Waals surface area contributed by atoms with Crippen molar-refractivity contribution in [3.63, 3.8) is 0 Å². The second-order valence-corrected chi connectivity index (χ2v) is 15.4. The number of ether oxygens (including phenoxy) is 1. The lowest BCUT2D eigenvalue weighted by Crippen LogP contribution is -2.16. The summed E-state index contributed by atoms with van der Waals surface area (Å²) < 4.78 is 18.0. The number of aromatic nitrogens is 2. The van der Waals surface area contributed by atoms with Gasteiger partial charge in [0.1, 0.15) is 16.2 Å². The normalized spacial score (nSPS) is 12.2. The van der Waals surface area contributed by atoms with Crippen molar-refractivity contribution >= 4 is 72.1 Å². The van der Waals surface area contributed by atoms with E-state index in [-0.39, 0.29) is 0 Å². The Labute approximate surface area is 337 Å². The van der Waals surface area contributed by atoms with Crippen molar-refractivity contribution in [1.29, 1.82) is 0 Å². The molecular weight excluding hydrogens is 731 g/mol. The van der Waals surface area contributed by atoms with Gasteiger partial charge in [0.15, 0.2) is 17.3 Å². The van der Waals surface area contributed by atoms with Crippen LogP contribution in [-0.2, 0) is 0 Å². The summed E-state index contributed by atoms with van der Waals surface area (Å²) in [7, 11) is 0. The molecule has 0 N–H and O–H groups in total. The third kappa shape index (κ3) is 5.38. The topological polar surface area (TPSA) is 51.4 Å². The van der Waals surface area contributed by atoms with Gasteiger partial charge in [-0.2, -0.15) is 4.37 Å². The van der Waals surface area contributed by atoms with Gasteiger partial charge >= 0.3 is 0 Å². The molecule has 0 bridgehead atoms. The Morgan fingerprint density at radius 3 is 1.67 bits per heavy atom. The predicted octanol–water partition coefficient (Wildman–Crippen LogP) is 15.0. The van der Waals surface area contributed by atoms with E-state index in [1.165, 1.54) is 33.1 Å². The summed E-state index contributed by atoms with van der Waals surface area (Å²) in [6.45, 7) is 0. The van der Waals surface area contributed by atoms with Gasteiger partial charge in [0.2, 0.25) is 0 Å². The molecule has 11 aromatic rings. The van der Waals surface area contributed by atoms with Gasteiger partial charge < -0.3 is 14.1 Å². The highest BCUT2D eigenvalue weighted by Gasteiger charge is 2.27. The van der Waals surface area contributed by atoms with Gasteiger partial charge in [-0.25, -0.2) is 4.98 Å². The maximum atomic E-state index is 6.85. The Morgan fingerprint density at radius 2 is 1.00 bits per heavy atom. The van der Waals surface area contributed by atoms with Crippen molar-refractivity contribution in [2.45, 2.75) is 0 Å². The smallest absolute Gasteiger partial charge is 0.173 e. The fourth-order valence-corrected chi connectivity index (χ4v) is 9.02. The first-order chi connectivity index (χ1) is 28.7. The van der Waals surface area contributed by atoms with Gasteiger partial charge in [-0.05, 0) is 128 Å². The number of fused-ring (bicyclic) bond motifs is 7. The fraction of sp³-hybridized carbons (Fsp3) is 0. The summed E-state index contributed by atoms with van der Waals surface area (Å²) in [6.07, 6.45) is 0. The molecule has 0 fully saturated rings. The Balaban J connectivity index is 0.931. The van der Waals surface area contributed by atoms with Crippen molar-refractivity contribution in [1.82, 2.24) is 9.36 Å². The molecule has 0 atom stereocenters.